The summed E-state index contributed by atoms with van der Waals surface area (Å²) in [6.45, 7) is 5.42. The van der Waals surface area contributed by atoms with Crippen molar-refractivity contribution < 1.29 is 22.4 Å². The number of benzene rings is 2. The lowest BCUT2D eigenvalue weighted by Crippen LogP contribution is -2.52. The molecule has 2 aromatic carbocycles. The SMILES string of the molecule is CCNC(=O)[C@H](CC)N(Cc1ccccc1C)C(=O)CN(c1ccc(F)c(Cl)c1)S(C)(=O)=O. The lowest BCUT2D eigenvalue weighted by Gasteiger charge is -2.33. The molecule has 0 aliphatic heterocycles. The van der Waals surface area contributed by atoms with Crippen LogP contribution >= 0.6 is 11.6 Å². The van der Waals surface area contributed by atoms with E-state index in [0.717, 1.165) is 33.8 Å². The third-order valence-corrected chi connectivity index (χ3v) is 6.64. The first-order chi connectivity index (χ1) is 15.5. The number of carbonyl (C=O) groups is 2. The largest absolute Gasteiger partial charge is 0.355 e. The molecule has 2 aromatic rings. The Morgan fingerprint density at radius 2 is 1.82 bits per heavy atom. The Labute approximate surface area is 199 Å². The molecule has 0 bridgehead atoms. The van der Waals surface area contributed by atoms with Crippen molar-refractivity contribution in [2.75, 3.05) is 23.7 Å². The van der Waals surface area contributed by atoms with Crippen molar-refractivity contribution in [1.82, 2.24) is 10.2 Å². The quantitative estimate of drug-likeness (QED) is 0.544. The number of rotatable bonds is 10. The van der Waals surface area contributed by atoms with Gasteiger partial charge in [0.1, 0.15) is 18.4 Å². The Morgan fingerprint density at radius 3 is 2.36 bits per heavy atom. The number of aryl methyl sites for hydroxylation is 1. The van der Waals surface area contributed by atoms with E-state index in [9.17, 15) is 22.4 Å². The van der Waals surface area contributed by atoms with Crippen LogP contribution in [0, 0.1) is 12.7 Å². The highest BCUT2D eigenvalue weighted by atomic mass is 35.5. The Balaban J connectivity index is 2.47. The fourth-order valence-corrected chi connectivity index (χ4v) is 4.45. The average molecular weight is 498 g/mol. The first-order valence-corrected chi connectivity index (χ1v) is 12.8. The molecule has 0 aromatic heterocycles. The second kappa shape index (κ2) is 11.5. The van der Waals surface area contributed by atoms with Gasteiger partial charge in [-0.2, -0.15) is 0 Å². The second-order valence-corrected chi connectivity index (χ2v) is 9.95. The molecule has 7 nitrogen and oxygen atoms in total. The van der Waals surface area contributed by atoms with Crippen molar-refractivity contribution in [2.45, 2.75) is 39.8 Å². The Kier molecular flexibility index (Phi) is 9.25. The maximum Gasteiger partial charge on any atom is 0.244 e. The van der Waals surface area contributed by atoms with E-state index in [-0.39, 0.29) is 23.2 Å². The standard InChI is InChI=1S/C23H29ClFN3O4S/c1-5-21(23(30)26-6-2)27(14-17-10-8-7-9-16(17)3)22(29)15-28(33(4,31)32)18-11-12-20(25)19(24)13-18/h7-13,21H,5-6,14-15H2,1-4H3,(H,26,30)/t21-/m0/s1. The van der Waals surface area contributed by atoms with E-state index in [1.165, 1.54) is 11.0 Å². The molecule has 0 fully saturated rings. The minimum atomic E-state index is -3.92. The topological polar surface area (TPSA) is 86.8 Å². The van der Waals surface area contributed by atoms with Gasteiger partial charge >= 0.3 is 0 Å². The molecule has 0 unspecified atom stereocenters. The van der Waals surface area contributed by atoms with Gasteiger partial charge in [-0.3, -0.25) is 13.9 Å². The normalized spacial score (nSPS) is 12.2. The molecule has 2 rings (SSSR count). The molecule has 0 radical (unpaired) electrons. The lowest BCUT2D eigenvalue weighted by atomic mass is 10.1. The number of likely N-dealkylation sites (N-methyl/N-ethyl adjacent to an activating group) is 1. The number of nitrogens with one attached hydrogen (secondary N) is 1. The molecular formula is C23H29ClFN3O4S. The van der Waals surface area contributed by atoms with Crippen molar-refractivity contribution in [1.29, 1.82) is 0 Å². The van der Waals surface area contributed by atoms with Crippen LogP contribution in [0.25, 0.3) is 0 Å². The van der Waals surface area contributed by atoms with Gasteiger partial charge in [-0.15, -0.1) is 0 Å². The first-order valence-electron chi connectivity index (χ1n) is 10.5. The zero-order chi connectivity index (χ0) is 24.8. The number of amides is 2. The summed E-state index contributed by atoms with van der Waals surface area (Å²) in [5.74, 6) is -1.59. The summed E-state index contributed by atoms with van der Waals surface area (Å²) in [5.41, 5.74) is 1.83. The highest BCUT2D eigenvalue weighted by Gasteiger charge is 2.31. The molecule has 33 heavy (non-hydrogen) atoms. The van der Waals surface area contributed by atoms with E-state index in [0.29, 0.717) is 13.0 Å². The fourth-order valence-electron chi connectivity index (χ4n) is 3.44. The molecule has 0 saturated carbocycles. The van der Waals surface area contributed by atoms with Crippen molar-refractivity contribution in [3.05, 3.63) is 64.4 Å². The van der Waals surface area contributed by atoms with E-state index >= 15 is 0 Å². The lowest BCUT2D eigenvalue weighted by molar-refractivity contribution is -0.140. The highest BCUT2D eigenvalue weighted by molar-refractivity contribution is 7.92. The monoisotopic (exact) mass is 497 g/mol. The molecule has 1 atom stereocenters. The Hall–Kier alpha value is -2.65. The molecular weight excluding hydrogens is 469 g/mol. The number of halogens is 2. The predicted octanol–water partition coefficient (Wildman–Crippen LogP) is 3.50. The summed E-state index contributed by atoms with van der Waals surface area (Å²) in [4.78, 5) is 27.6. The summed E-state index contributed by atoms with van der Waals surface area (Å²) < 4.78 is 39.5. The summed E-state index contributed by atoms with van der Waals surface area (Å²) in [6.07, 6.45) is 1.29. The molecule has 2 amide bonds. The van der Waals surface area contributed by atoms with Crippen LogP contribution in [0.2, 0.25) is 5.02 Å². The number of nitrogens with zero attached hydrogens (tertiary/aromatic N) is 2. The summed E-state index contributed by atoms with van der Waals surface area (Å²) in [5, 5.41) is 2.47. The molecule has 10 heteroatoms. The van der Waals surface area contributed by atoms with Crippen molar-refractivity contribution in [3.8, 4) is 0 Å². The second-order valence-electron chi connectivity index (χ2n) is 7.63. The van der Waals surface area contributed by atoms with E-state index in [4.69, 9.17) is 11.6 Å². The van der Waals surface area contributed by atoms with Crippen LogP contribution < -0.4 is 9.62 Å². The average Bonchev–Trinajstić information content (AvgIpc) is 2.74. The maximum atomic E-state index is 13.6. The molecule has 0 spiro atoms. The molecule has 0 aliphatic rings. The molecule has 0 saturated heterocycles. The first kappa shape index (κ1) is 26.6. The summed E-state index contributed by atoms with van der Waals surface area (Å²) >= 11 is 5.84. The number of hydrogen-bond donors (Lipinski definition) is 1. The Bertz CT molecular complexity index is 1110. The van der Waals surface area contributed by atoms with Crippen LogP contribution in [0.3, 0.4) is 0 Å². The van der Waals surface area contributed by atoms with Gasteiger partial charge in [-0.1, -0.05) is 42.8 Å². The van der Waals surface area contributed by atoms with Gasteiger partial charge in [0.25, 0.3) is 0 Å². The highest BCUT2D eigenvalue weighted by Crippen LogP contribution is 2.25. The van der Waals surface area contributed by atoms with Gasteiger partial charge in [0.05, 0.1) is 17.0 Å². The van der Waals surface area contributed by atoms with E-state index in [1.54, 1.807) is 13.8 Å². The van der Waals surface area contributed by atoms with E-state index in [1.807, 2.05) is 31.2 Å². The third-order valence-electron chi connectivity index (χ3n) is 5.21. The van der Waals surface area contributed by atoms with Gasteiger partial charge in [0.15, 0.2) is 0 Å². The molecule has 180 valence electrons. The molecule has 0 heterocycles. The van der Waals surface area contributed by atoms with Gasteiger partial charge < -0.3 is 10.2 Å². The maximum absolute atomic E-state index is 13.6. The number of carbonyl (C=O) groups excluding carboxylic acids is 2. The summed E-state index contributed by atoms with van der Waals surface area (Å²) in [6, 6.07) is 10.1. The van der Waals surface area contributed by atoms with Crippen LogP contribution in [-0.4, -0.2) is 50.5 Å². The predicted molar refractivity (Wildman–Crippen MR) is 128 cm³/mol. The van der Waals surface area contributed by atoms with E-state index in [2.05, 4.69) is 5.32 Å². The van der Waals surface area contributed by atoms with Crippen LogP contribution in [0.4, 0.5) is 10.1 Å². The van der Waals surface area contributed by atoms with Crippen LogP contribution in [-0.2, 0) is 26.2 Å². The van der Waals surface area contributed by atoms with Crippen molar-refractivity contribution in [3.63, 3.8) is 0 Å². The van der Waals surface area contributed by atoms with Gasteiger partial charge in [-0.25, -0.2) is 12.8 Å². The van der Waals surface area contributed by atoms with Crippen LogP contribution in [0.15, 0.2) is 42.5 Å². The van der Waals surface area contributed by atoms with Gasteiger partial charge in [-0.05, 0) is 49.6 Å². The van der Waals surface area contributed by atoms with Crippen molar-refractivity contribution >= 4 is 39.1 Å². The van der Waals surface area contributed by atoms with Crippen LogP contribution in [0.1, 0.15) is 31.4 Å². The summed E-state index contributed by atoms with van der Waals surface area (Å²) in [7, 11) is -3.92. The van der Waals surface area contributed by atoms with E-state index < -0.39 is 34.3 Å². The zero-order valence-electron chi connectivity index (χ0n) is 19.1. The minimum absolute atomic E-state index is 0.0548. The number of hydrogen-bond acceptors (Lipinski definition) is 4. The van der Waals surface area contributed by atoms with Gasteiger partial charge in [0, 0.05) is 13.1 Å². The molecule has 0 aliphatic carbocycles. The van der Waals surface area contributed by atoms with Crippen molar-refractivity contribution in [2.24, 2.45) is 0 Å². The third kappa shape index (κ3) is 6.91. The fraction of sp³-hybridized carbons (Fsp3) is 0.391. The number of sulfonamides is 1. The van der Waals surface area contributed by atoms with Crippen LogP contribution in [0.5, 0.6) is 0 Å². The van der Waals surface area contributed by atoms with Gasteiger partial charge in [0.2, 0.25) is 21.8 Å². The smallest absolute Gasteiger partial charge is 0.244 e. The number of anilines is 1. The minimum Gasteiger partial charge on any atom is -0.355 e. The zero-order valence-corrected chi connectivity index (χ0v) is 20.7. The molecule has 1 N–H and O–H groups in total. The Morgan fingerprint density at radius 1 is 1.15 bits per heavy atom.